The van der Waals surface area contributed by atoms with Gasteiger partial charge in [0.15, 0.2) is 5.60 Å². The third-order valence-corrected chi connectivity index (χ3v) is 7.79. The summed E-state index contributed by atoms with van der Waals surface area (Å²) >= 11 is 4.79. The van der Waals surface area contributed by atoms with Gasteiger partial charge in [0.05, 0.1) is 12.7 Å². The largest absolute Gasteiger partial charge is 0.443 e. The molecule has 5 aromatic rings. The van der Waals surface area contributed by atoms with Crippen molar-refractivity contribution in [3.05, 3.63) is 86.9 Å². The second kappa shape index (κ2) is 12.7. The predicted octanol–water partition coefficient (Wildman–Crippen LogP) is 6.26. The molecule has 14 heteroatoms. The molecule has 0 saturated heterocycles. The highest BCUT2D eigenvalue weighted by Crippen LogP contribution is 2.32. The number of oxazole rings is 1. The van der Waals surface area contributed by atoms with Crippen LogP contribution >= 0.6 is 27.3 Å². The molecule has 0 radical (unpaired) electrons. The molecule has 0 aliphatic heterocycles. The van der Waals surface area contributed by atoms with Gasteiger partial charge in [0, 0.05) is 30.0 Å². The Bertz CT molecular complexity index is 1750. The molecule has 0 aliphatic rings. The van der Waals surface area contributed by atoms with E-state index in [2.05, 4.69) is 46.4 Å². The molecule has 1 atom stereocenters. The van der Waals surface area contributed by atoms with Crippen molar-refractivity contribution < 1.29 is 23.2 Å². The van der Waals surface area contributed by atoms with Crippen LogP contribution in [0, 0.1) is 0 Å². The van der Waals surface area contributed by atoms with Gasteiger partial charge in [-0.05, 0) is 61.3 Å². The van der Waals surface area contributed by atoms with E-state index >= 15 is 0 Å². The van der Waals surface area contributed by atoms with Crippen molar-refractivity contribution in [2.45, 2.75) is 51.8 Å². The van der Waals surface area contributed by atoms with Crippen molar-refractivity contribution in [2.75, 3.05) is 7.05 Å². The summed E-state index contributed by atoms with van der Waals surface area (Å²) in [5.74, 6) is 0.00280. The number of nitrogens with zero attached hydrogens (tertiary/aromatic N) is 6. The molecule has 0 aliphatic carbocycles. The van der Waals surface area contributed by atoms with Gasteiger partial charge in [-0.2, -0.15) is 0 Å². The van der Waals surface area contributed by atoms with E-state index in [1.54, 1.807) is 31.0 Å². The molecule has 4 heterocycles. The molecule has 1 aromatic carbocycles. The number of thiazole rings is 1. The van der Waals surface area contributed by atoms with E-state index in [1.165, 1.54) is 23.8 Å². The minimum absolute atomic E-state index is 0.0214. The number of pyridine rings is 1. The van der Waals surface area contributed by atoms with Gasteiger partial charge in [-0.15, -0.1) is 21.5 Å². The van der Waals surface area contributed by atoms with Crippen LogP contribution in [0.3, 0.4) is 0 Å². The van der Waals surface area contributed by atoms with Gasteiger partial charge in [-0.3, -0.25) is 4.79 Å². The molecule has 0 bridgehead atoms. The lowest BCUT2D eigenvalue weighted by Gasteiger charge is -2.29. The first-order valence-corrected chi connectivity index (χ1v) is 15.2. The fraction of sp³-hybridized carbons (Fsp3) is 0.300. The van der Waals surface area contributed by atoms with Crippen LogP contribution in [0.4, 0.5) is 4.79 Å². The maximum absolute atomic E-state index is 13.5. The first-order chi connectivity index (χ1) is 20.9. The number of halogens is 1. The molecule has 228 valence electrons. The highest BCUT2D eigenvalue weighted by atomic mass is 79.9. The van der Waals surface area contributed by atoms with Crippen molar-refractivity contribution in [2.24, 2.45) is 0 Å². The standard InChI is InChI=1S/C30H30BrN7O5S/c1-29(2,3)35-28(40)43-30(4,15-18-9-7-6-8-10-18)27-37-36-25(42-27)21-14-19(13-20(33-21)24-32-11-12-41-24)26(39)38(5)16-23-34-22(31)17-44-23/h6-14,17H,15-16H2,1-5H3,(H,35,40)/t30-/m1/s1. The van der Waals surface area contributed by atoms with Crippen LogP contribution in [0.15, 0.2) is 73.7 Å². The summed E-state index contributed by atoms with van der Waals surface area (Å²) < 4.78 is 18.2. The minimum atomic E-state index is -1.33. The number of carbonyl (C=O) groups is 2. The maximum atomic E-state index is 13.5. The first kappa shape index (κ1) is 31.0. The van der Waals surface area contributed by atoms with Gasteiger partial charge in [0.25, 0.3) is 17.7 Å². The van der Waals surface area contributed by atoms with E-state index in [0.717, 1.165) is 10.6 Å². The van der Waals surface area contributed by atoms with E-state index in [0.29, 0.717) is 22.4 Å². The molecule has 0 spiro atoms. The number of alkyl carbamates (subject to hydrolysis) is 1. The fourth-order valence-corrected chi connectivity index (χ4v) is 5.61. The SMILES string of the molecule is CN(Cc1nc(Br)cs1)C(=O)c1cc(-c2ncco2)nc(-c2nnc([C@@](C)(Cc3ccccc3)OC(=O)NC(C)(C)C)o2)c1. The molecule has 0 fully saturated rings. The third kappa shape index (κ3) is 7.55. The molecule has 12 nitrogen and oxygen atoms in total. The Hall–Kier alpha value is -4.43. The van der Waals surface area contributed by atoms with Crippen LogP contribution in [-0.4, -0.2) is 54.6 Å². The zero-order chi connectivity index (χ0) is 31.5. The van der Waals surface area contributed by atoms with Crippen LogP contribution in [-0.2, 0) is 23.3 Å². The predicted molar refractivity (Wildman–Crippen MR) is 166 cm³/mol. The molecule has 1 N–H and O–H groups in total. The van der Waals surface area contributed by atoms with E-state index in [4.69, 9.17) is 13.6 Å². The number of hydrogen-bond donors (Lipinski definition) is 1. The van der Waals surface area contributed by atoms with Crippen LogP contribution in [0.2, 0.25) is 0 Å². The van der Waals surface area contributed by atoms with Crippen LogP contribution in [0.5, 0.6) is 0 Å². The minimum Gasteiger partial charge on any atom is -0.443 e. The zero-order valence-electron chi connectivity index (χ0n) is 24.7. The molecule has 4 aromatic heterocycles. The van der Waals surface area contributed by atoms with Gasteiger partial charge < -0.3 is 23.8 Å². The Labute approximate surface area is 266 Å². The van der Waals surface area contributed by atoms with E-state index < -0.39 is 17.2 Å². The Balaban J connectivity index is 1.50. The molecular formula is C30H30BrN7O5S. The Morgan fingerprint density at radius 2 is 1.77 bits per heavy atom. The summed E-state index contributed by atoms with van der Waals surface area (Å²) in [5.41, 5.74) is -0.146. The number of carbonyl (C=O) groups excluding carboxylic acids is 2. The number of nitrogens with one attached hydrogen (secondary N) is 1. The number of rotatable bonds is 9. The lowest BCUT2D eigenvalue weighted by Crippen LogP contribution is -2.45. The third-order valence-electron chi connectivity index (χ3n) is 6.24. The lowest BCUT2D eigenvalue weighted by molar-refractivity contribution is -0.00122. The van der Waals surface area contributed by atoms with Gasteiger partial charge >= 0.3 is 6.09 Å². The van der Waals surface area contributed by atoms with Gasteiger partial charge in [-0.1, -0.05) is 30.3 Å². The van der Waals surface area contributed by atoms with Crippen LogP contribution in [0.1, 0.15) is 54.5 Å². The number of benzene rings is 1. The quantitative estimate of drug-likeness (QED) is 0.189. The Morgan fingerprint density at radius 3 is 2.41 bits per heavy atom. The maximum Gasteiger partial charge on any atom is 0.408 e. The van der Waals surface area contributed by atoms with Crippen molar-refractivity contribution >= 4 is 39.3 Å². The average Bonchev–Trinajstić information content (AvgIpc) is 3.74. The summed E-state index contributed by atoms with van der Waals surface area (Å²) in [6.07, 6.45) is 2.52. The summed E-state index contributed by atoms with van der Waals surface area (Å²) in [4.78, 5) is 41.2. The molecule has 0 unspecified atom stereocenters. The molecule has 2 amide bonds. The van der Waals surface area contributed by atoms with Gasteiger partial charge in [0.2, 0.25) is 5.89 Å². The Kier molecular flexibility index (Phi) is 8.92. The number of ether oxygens (including phenoxy) is 1. The van der Waals surface area contributed by atoms with Crippen LogP contribution < -0.4 is 5.32 Å². The van der Waals surface area contributed by atoms with Crippen molar-refractivity contribution in [3.8, 4) is 23.2 Å². The smallest absolute Gasteiger partial charge is 0.408 e. The topological polar surface area (TPSA) is 149 Å². The fourth-order valence-electron chi connectivity index (χ4n) is 4.30. The molecule has 0 saturated carbocycles. The molecule has 5 rings (SSSR count). The van der Waals surface area contributed by atoms with E-state index in [9.17, 15) is 9.59 Å². The summed E-state index contributed by atoms with van der Waals surface area (Å²) in [6.45, 7) is 7.57. The highest BCUT2D eigenvalue weighted by molar-refractivity contribution is 9.10. The molecular weight excluding hydrogens is 650 g/mol. The number of aromatic nitrogens is 5. The Morgan fingerprint density at radius 1 is 1.05 bits per heavy atom. The second-order valence-electron chi connectivity index (χ2n) is 11.3. The number of amides is 2. The van der Waals surface area contributed by atoms with Gasteiger partial charge in [-0.25, -0.2) is 19.7 Å². The molecule has 44 heavy (non-hydrogen) atoms. The lowest BCUT2D eigenvalue weighted by atomic mass is 9.96. The normalized spacial score (nSPS) is 12.9. The highest BCUT2D eigenvalue weighted by Gasteiger charge is 2.38. The van der Waals surface area contributed by atoms with Crippen molar-refractivity contribution in [1.82, 2.24) is 35.4 Å². The summed E-state index contributed by atoms with van der Waals surface area (Å²) in [7, 11) is 1.68. The van der Waals surface area contributed by atoms with Crippen LogP contribution in [0.25, 0.3) is 23.2 Å². The zero-order valence-corrected chi connectivity index (χ0v) is 27.1. The van der Waals surface area contributed by atoms with Crippen molar-refractivity contribution in [1.29, 1.82) is 0 Å². The first-order valence-electron chi connectivity index (χ1n) is 13.6. The second-order valence-corrected chi connectivity index (χ2v) is 13.0. The van der Waals surface area contributed by atoms with Gasteiger partial charge in [0.1, 0.15) is 27.3 Å². The monoisotopic (exact) mass is 679 g/mol. The summed E-state index contributed by atoms with van der Waals surface area (Å²) in [5, 5.41) is 13.9. The average molecular weight is 681 g/mol. The summed E-state index contributed by atoms with van der Waals surface area (Å²) in [6, 6.07) is 12.7. The number of hydrogen-bond acceptors (Lipinski definition) is 11. The van der Waals surface area contributed by atoms with E-state index in [1.807, 2.05) is 56.5 Å². The van der Waals surface area contributed by atoms with Crippen molar-refractivity contribution in [3.63, 3.8) is 0 Å². The van der Waals surface area contributed by atoms with E-state index in [-0.39, 0.29) is 35.7 Å².